The highest BCUT2D eigenvalue weighted by molar-refractivity contribution is 9.10. The molecule has 2 aromatic rings. The molecule has 2 rings (SSSR count). The van der Waals surface area contributed by atoms with Gasteiger partial charge < -0.3 is 5.11 Å². The first-order valence-corrected chi connectivity index (χ1v) is 5.65. The first kappa shape index (κ1) is 11.3. The Balaban J connectivity index is 2.44. The number of halogens is 2. The molecule has 16 heavy (non-hydrogen) atoms. The van der Waals surface area contributed by atoms with E-state index >= 15 is 0 Å². The van der Waals surface area contributed by atoms with E-state index in [1.54, 1.807) is 12.1 Å². The second-order valence-electron chi connectivity index (χ2n) is 3.48. The summed E-state index contributed by atoms with van der Waals surface area (Å²) in [6, 6.07) is 11.9. The fourth-order valence-corrected chi connectivity index (χ4v) is 2.18. The van der Waals surface area contributed by atoms with E-state index in [9.17, 15) is 4.39 Å². The van der Waals surface area contributed by atoms with E-state index in [0.29, 0.717) is 0 Å². The normalized spacial score (nSPS) is 10.4. The molecule has 2 aromatic carbocycles. The second-order valence-corrected chi connectivity index (χ2v) is 4.33. The summed E-state index contributed by atoms with van der Waals surface area (Å²) < 4.78 is 13.7. The monoisotopic (exact) mass is 280 g/mol. The highest BCUT2D eigenvalue weighted by atomic mass is 79.9. The molecule has 0 radical (unpaired) electrons. The van der Waals surface area contributed by atoms with E-state index in [0.717, 1.165) is 21.2 Å². The van der Waals surface area contributed by atoms with Crippen molar-refractivity contribution in [2.24, 2.45) is 0 Å². The van der Waals surface area contributed by atoms with Gasteiger partial charge in [-0.3, -0.25) is 0 Å². The van der Waals surface area contributed by atoms with Crippen molar-refractivity contribution in [3.05, 3.63) is 58.3 Å². The molecule has 0 aliphatic heterocycles. The van der Waals surface area contributed by atoms with Crippen LogP contribution in [0.3, 0.4) is 0 Å². The molecule has 0 saturated carbocycles. The standard InChI is InChI=1S/C13H10BrFO/c14-13-7-9(8-16)1-6-12(13)10-2-4-11(15)5-3-10/h1-7,16H,8H2. The predicted molar refractivity (Wildman–Crippen MR) is 65.5 cm³/mol. The van der Waals surface area contributed by atoms with Crippen molar-refractivity contribution in [3.8, 4) is 11.1 Å². The van der Waals surface area contributed by atoms with Crippen molar-refractivity contribution in [3.63, 3.8) is 0 Å². The highest BCUT2D eigenvalue weighted by Gasteiger charge is 2.04. The van der Waals surface area contributed by atoms with Gasteiger partial charge in [0.2, 0.25) is 0 Å². The minimum absolute atomic E-state index is 0.0162. The maximum Gasteiger partial charge on any atom is 0.123 e. The average Bonchev–Trinajstić information content (AvgIpc) is 2.30. The van der Waals surface area contributed by atoms with Gasteiger partial charge in [-0.1, -0.05) is 40.2 Å². The van der Waals surface area contributed by atoms with Crippen molar-refractivity contribution >= 4 is 15.9 Å². The predicted octanol–water partition coefficient (Wildman–Crippen LogP) is 3.75. The number of rotatable bonds is 2. The lowest BCUT2D eigenvalue weighted by atomic mass is 10.0. The van der Waals surface area contributed by atoms with Crippen LogP contribution in [0.15, 0.2) is 46.9 Å². The van der Waals surface area contributed by atoms with Gasteiger partial charge in [0.25, 0.3) is 0 Å². The molecule has 0 spiro atoms. The summed E-state index contributed by atoms with van der Waals surface area (Å²) in [7, 11) is 0. The summed E-state index contributed by atoms with van der Waals surface area (Å²) in [6.07, 6.45) is 0. The molecule has 0 aliphatic carbocycles. The van der Waals surface area contributed by atoms with E-state index in [-0.39, 0.29) is 12.4 Å². The summed E-state index contributed by atoms with van der Waals surface area (Å²) in [6.45, 7) is 0.0162. The second kappa shape index (κ2) is 4.76. The van der Waals surface area contributed by atoms with Crippen LogP contribution < -0.4 is 0 Å². The van der Waals surface area contributed by atoms with E-state index < -0.39 is 0 Å². The maximum absolute atomic E-state index is 12.8. The summed E-state index contributed by atoms with van der Waals surface area (Å²) in [4.78, 5) is 0. The van der Waals surface area contributed by atoms with E-state index in [1.807, 2.05) is 18.2 Å². The van der Waals surface area contributed by atoms with Crippen molar-refractivity contribution in [2.75, 3.05) is 0 Å². The quantitative estimate of drug-likeness (QED) is 0.888. The van der Waals surface area contributed by atoms with Crippen molar-refractivity contribution in [2.45, 2.75) is 6.61 Å². The van der Waals surface area contributed by atoms with Gasteiger partial charge in [0.15, 0.2) is 0 Å². The Kier molecular flexibility index (Phi) is 3.36. The number of benzene rings is 2. The zero-order valence-electron chi connectivity index (χ0n) is 8.45. The Bertz CT molecular complexity index is 494. The molecule has 0 amide bonds. The third-order valence-electron chi connectivity index (χ3n) is 2.37. The molecule has 0 atom stereocenters. The summed E-state index contributed by atoms with van der Waals surface area (Å²) >= 11 is 3.44. The molecule has 1 N–H and O–H groups in total. The Morgan fingerprint density at radius 1 is 1.06 bits per heavy atom. The van der Waals surface area contributed by atoms with Gasteiger partial charge in [0.1, 0.15) is 5.82 Å². The minimum atomic E-state index is -0.244. The summed E-state index contributed by atoms with van der Waals surface area (Å²) in [5.74, 6) is -0.244. The van der Waals surface area contributed by atoms with Crippen LogP contribution in [0.4, 0.5) is 4.39 Å². The van der Waals surface area contributed by atoms with Gasteiger partial charge in [0.05, 0.1) is 6.61 Å². The van der Waals surface area contributed by atoms with Gasteiger partial charge >= 0.3 is 0 Å². The van der Waals surface area contributed by atoms with Gasteiger partial charge in [0, 0.05) is 4.47 Å². The van der Waals surface area contributed by atoms with Crippen molar-refractivity contribution in [1.82, 2.24) is 0 Å². The lowest BCUT2D eigenvalue weighted by Gasteiger charge is -2.06. The highest BCUT2D eigenvalue weighted by Crippen LogP contribution is 2.29. The summed E-state index contributed by atoms with van der Waals surface area (Å²) in [5, 5.41) is 8.99. The first-order valence-electron chi connectivity index (χ1n) is 4.86. The molecular weight excluding hydrogens is 271 g/mol. The Labute approximate surface area is 102 Å². The van der Waals surface area contributed by atoms with Gasteiger partial charge in [-0.25, -0.2) is 4.39 Å². The van der Waals surface area contributed by atoms with Gasteiger partial charge in [-0.15, -0.1) is 0 Å². The fourth-order valence-electron chi connectivity index (χ4n) is 1.52. The zero-order chi connectivity index (χ0) is 11.5. The topological polar surface area (TPSA) is 20.2 Å². The maximum atomic E-state index is 12.8. The molecule has 0 heterocycles. The number of aliphatic hydroxyl groups is 1. The van der Waals surface area contributed by atoms with Crippen LogP contribution >= 0.6 is 15.9 Å². The zero-order valence-corrected chi connectivity index (χ0v) is 10.0. The molecule has 0 fully saturated rings. The Hall–Kier alpha value is -1.19. The van der Waals surface area contributed by atoms with Gasteiger partial charge in [-0.2, -0.15) is 0 Å². The third kappa shape index (κ3) is 2.31. The molecule has 0 unspecified atom stereocenters. The lowest BCUT2D eigenvalue weighted by Crippen LogP contribution is -1.86. The average molecular weight is 281 g/mol. The molecule has 0 bridgehead atoms. The van der Waals surface area contributed by atoms with Crippen LogP contribution in [-0.4, -0.2) is 5.11 Å². The molecule has 3 heteroatoms. The largest absolute Gasteiger partial charge is 0.392 e. The molecule has 1 nitrogen and oxygen atoms in total. The van der Waals surface area contributed by atoms with Crippen LogP contribution in [0, 0.1) is 5.82 Å². The third-order valence-corrected chi connectivity index (χ3v) is 3.03. The minimum Gasteiger partial charge on any atom is -0.392 e. The molecular formula is C13H10BrFO. The fraction of sp³-hybridized carbons (Fsp3) is 0.0769. The van der Waals surface area contributed by atoms with Crippen LogP contribution in [0.2, 0.25) is 0 Å². The first-order chi connectivity index (χ1) is 7.70. The molecule has 82 valence electrons. The SMILES string of the molecule is OCc1ccc(-c2ccc(F)cc2)c(Br)c1. The smallest absolute Gasteiger partial charge is 0.123 e. The Morgan fingerprint density at radius 2 is 1.75 bits per heavy atom. The van der Waals surface area contributed by atoms with Crippen LogP contribution in [0.1, 0.15) is 5.56 Å². The van der Waals surface area contributed by atoms with Crippen molar-refractivity contribution < 1.29 is 9.50 Å². The van der Waals surface area contributed by atoms with E-state index in [1.165, 1.54) is 12.1 Å². The lowest BCUT2D eigenvalue weighted by molar-refractivity contribution is 0.282. The molecule has 0 saturated heterocycles. The summed E-state index contributed by atoms with van der Waals surface area (Å²) in [5.41, 5.74) is 2.77. The van der Waals surface area contributed by atoms with Crippen molar-refractivity contribution in [1.29, 1.82) is 0 Å². The van der Waals surface area contributed by atoms with Crippen LogP contribution in [0.5, 0.6) is 0 Å². The van der Waals surface area contributed by atoms with E-state index in [4.69, 9.17) is 5.11 Å². The number of hydrogen-bond acceptors (Lipinski definition) is 1. The van der Waals surface area contributed by atoms with Gasteiger partial charge in [-0.05, 0) is 34.9 Å². The van der Waals surface area contributed by atoms with Crippen LogP contribution in [0.25, 0.3) is 11.1 Å². The molecule has 0 aromatic heterocycles. The Morgan fingerprint density at radius 3 is 2.31 bits per heavy atom. The molecule has 0 aliphatic rings. The number of aliphatic hydroxyl groups excluding tert-OH is 1. The van der Waals surface area contributed by atoms with E-state index in [2.05, 4.69) is 15.9 Å². The number of hydrogen-bond donors (Lipinski definition) is 1. The van der Waals surface area contributed by atoms with Crippen LogP contribution in [-0.2, 0) is 6.61 Å².